The van der Waals surface area contributed by atoms with Gasteiger partial charge in [-0.1, -0.05) is 12.1 Å². The third kappa shape index (κ3) is 3.38. The normalized spacial score (nSPS) is 11.2. The molecule has 0 aliphatic rings. The van der Waals surface area contributed by atoms with Crippen LogP contribution >= 0.6 is 0 Å². The second-order valence-electron chi connectivity index (χ2n) is 3.68. The summed E-state index contributed by atoms with van der Waals surface area (Å²) in [7, 11) is -3.72. The van der Waals surface area contributed by atoms with Crippen LogP contribution in [0.1, 0.15) is 12.0 Å². The van der Waals surface area contributed by atoms with Gasteiger partial charge < -0.3 is 0 Å². The summed E-state index contributed by atoms with van der Waals surface area (Å²) in [6.07, 6.45) is 2.08. The monoisotopic (exact) mass is 270 g/mol. The maximum atomic E-state index is 11.9. The van der Waals surface area contributed by atoms with Crippen LogP contribution in [0, 0.1) is 17.0 Å². The number of nitrogens with one attached hydrogen (secondary N) is 1. The van der Waals surface area contributed by atoms with Gasteiger partial charge in [0.15, 0.2) is 0 Å². The number of nitro benzene ring substituents is 1. The molecular formula is C11H14N2O4S. The van der Waals surface area contributed by atoms with Crippen molar-refractivity contribution in [2.24, 2.45) is 0 Å². The molecule has 0 heterocycles. The Hall–Kier alpha value is -1.73. The Morgan fingerprint density at radius 3 is 2.72 bits per heavy atom. The van der Waals surface area contributed by atoms with Crippen LogP contribution in [-0.2, 0) is 10.0 Å². The zero-order valence-electron chi connectivity index (χ0n) is 9.92. The Morgan fingerprint density at radius 2 is 2.17 bits per heavy atom. The standard InChI is InChI=1S/C11H14N2O4S/c1-3-4-7-12-18(16,17)11-8-10(13(14)15)6-5-9(11)2/h3,5-6,8,12H,1,4,7H2,2H3. The number of aryl methyl sites for hydroxylation is 1. The summed E-state index contributed by atoms with van der Waals surface area (Å²) in [5, 5.41) is 10.6. The van der Waals surface area contributed by atoms with E-state index in [2.05, 4.69) is 11.3 Å². The lowest BCUT2D eigenvalue weighted by molar-refractivity contribution is -0.385. The van der Waals surface area contributed by atoms with Crippen LogP contribution < -0.4 is 4.72 Å². The van der Waals surface area contributed by atoms with Crippen molar-refractivity contribution in [3.8, 4) is 0 Å². The van der Waals surface area contributed by atoms with E-state index in [1.807, 2.05) is 0 Å². The maximum Gasteiger partial charge on any atom is 0.270 e. The first-order valence-electron chi connectivity index (χ1n) is 5.24. The van der Waals surface area contributed by atoms with Crippen molar-refractivity contribution >= 4 is 15.7 Å². The van der Waals surface area contributed by atoms with Crippen LogP contribution in [0.4, 0.5) is 5.69 Å². The molecule has 0 saturated carbocycles. The highest BCUT2D eigenvalue weighted by Crippen LogP contribution is 2.21. The van der Waals surface area contributed by atoms with Crippen molar-refractivity contribution in [3.05, 3.63) is 46.5 Å². The van der Waals surface area contributed by atoms with Crippen LogP contribution in [0.2, 0.25) is 0 Å². The second-order valence-corrected chi connectivity index (χ2v) is 5.42. The minimum Gasteiger partial charge on any atom is -0.258 e. The van der Waals surface area contributed by atoms with Gasteiger partial charge in [-0.3, -0.25) is 10.1 Å². The van der Waals surface area contributed by atoms with Gasteiger partial charge in [-0.2, -0.15) is 0 Å². The molecule has 7 heteroatoms. The Bertz CT molecular complexity index is 566. The van der Waals surface area contributed by atoms with Crippen molar-refractivity contribution in [1.29, 1.82) is 0 Å². The molecule has 1 aromatic rings. The lowest BCUT2D eigenvalue weighted by Gasteiger charge is -2.08. The SMILES string of the molecule is C=CCCNS(=O)(=O)c1cc([N+](=O)[O-])ccc1C. The molecule has 1 rings (SSSR count). The molecule has 0 aromatic heterocycles. The molecule has 0 saturated heterocycles. The van der Waals surface area contributed by atoms with Gasteiger partial charge in [0, 0.05) is 18.7 Å². The number of nitro groups is 1. The lowest BCUT2D eigenvalue weighted by atomic mass is 10.2. The third-order valence-corrected chi connectivity index (χ3v) is 3.92. The molecule has 0 fully saturated rings. The summed E-state index contributed by atoms with van der Waals surface area (Å²) in [5.41, 5.74) is 0.219. The molecule has 1 N–H and O–H groups in total. The average molecular weight is 270 g/mol. The average Bonchev–Trinajstić information content (AvgIpc) is 2.29. The molecule has 0 amide bonds. The first-order valence-corrected chi connectivity index (χ1v) is 6.72. The lowest BCUT2D eigenvalue weighted by Crippen LogP contribution is -2.25. The van der Waals surface area contributed by atoms with Crippen molar-refractivity contribution in [2.75, 3.05) is 6.54 Å². The number of sulfonamides is 1. The zero-order valence-corrected chi connectivity index (χ0v) is 10.7. The Kier molecular flexibility index (Phi) is 4.57. The molecule has 98 valence electrons. The van der Waals surface area contributed by atoms with Gasteiger partial charge in [0.05, 0.1) is 9.82 Å². The number of hydrogen-bond acceptors (Lipinski definition) is 4. The smallest absolute Gasteiger partial charge is 0.258 e. The topological polar surface area (TPSA) is 89.3 Å². The van der Waals surface area contributed by atoms with Crippen molar-refractivity contribution in [3.63, 3.8) is 0 Å². The van der Waals surface area contributed by atoms with E-state index in [0.29, 0.717) is 12.0 Å². The van der Waals surface area contributed by atoms with Gasteiger partial charge in [0.25, 0.3) is 5.69 Å². The van der Waals surface area contributed by atoms with E-state index in [1.54, 1.807) is 13.0 Å². The van der Waals surface area contributed by atoms with E-state index in [4.69, 9.17) is 0 Å². The molecule has 0 spiro atoms. The molecule has 6 nitrogen and oxygen atoms in total. The molecule has 0 atom stereocenters. The molecule has 0 unspecified atom stereocenters. The Balaban J connectivity index is 3.10. The highest BCUT2D eigenvalue weighted by atomic mass is 32.2. The quantitative estimate of drug-likeness (QED) is 0.369. The molecule has 18 heavy (non-hydrogen) atoms. The summed E-state index contributed by atoms with van der Waals surface area (Å²) in [6, 6.07) is 3.75. The molecule has 0 bridgehead atoms. The van der Waals surface area contributed by atoms with E-state index in [-0.39, 0.29) is 17.1 Å². The zero-order chi connectivity index (χ0) is 13.8. The molecule has 0 radical (unpaired) electrons. The Labute approximate surface area is 106 Å². The van der Waals surface area contributed by atoms with Gasteiger partial charge in [-0.25, -0.2) is 13.1 Å². The highest BCUT2D eigenvalue weighted by molar-refractivity contribution is 7.89. The van der Waals surface area contributed by atoms with Gasteiger partial charge in [0.1, 0.15) is 0 Å². The maximum absolute atomic E-state index is 11.9. The van der Waals surface area contributed by atoms with Crippen LogP contribution in [0.5, 0.6) is 0 Å². The minimum atomic E-state index is -3.72. The molecule has 0 aliphatic heterocycles. The van der Waals surface area contributed by atoms with Gasteiger partial charge in [-0.05, 0) is 18.9 Å². The van der Waals surface area contributed by atoms with Crippen molar-refractivity contribution < 1.29 is 13.3 Å². The molecule has 0 aliphatic carbocycles. The van der Waals surface area contributed by atoms with Crippen LogP contribution in [-0.4, -0.2) is 19.9 Å². The first kappa shape index (κ1) is 14.3. The first-order chi connectivity index (χ1) is 8.38. The van der Waals surface area contributed by atoms with E-state index in [1.165, 1.54) is 12.1 Å². The van der Waals surface area contributed by atoms with Crippen LogP contribution in [0.25, 0.3) is 0 Å². The van der Waals surface area contributed by atoms with Crippen molar-refractivity contribution in [2.45, 2.75) is 18.2 Å². The summed E-state index contributed by atoms with van der Waals surface area (Å²) in [4.78, 5) is 9.94. The highest BCUT2D eigenvalue weighted by Gasteiger charge is 2.19. The summed E-state index contributed by atoms with van der Waals surface area (Å²) in [6.45, 7) is 5.29. The van der Waals surface area contributed by atoms with E-state index >= 15 is 0 Å². The number of hydrogen-bond donors (Lipinski definition) is 1. The number of rotatable bonds is 6. The Morgan fingerprint density at radius 1 is 1.50 bits per heavy atom. The predicted octanol–water partition coefficient (Wildman–Crippen LogP) is 1.76. The van der Waals surface area contributed by atoms with Gasteiger partial charge in [-0.15, -0.1) is 6.58 Å². The summed E-state index contributed by atoms with van der Waals surface area (Å²) in [5.74, 6) is 0. The van der Waals surface area contributed by atoms with Gasteiger partial charge in [0.2, 0.25) is 10.0 Å². The van der Waals surface area contributed by atoms with Crippen molar-refractivity contribution in [1.82, 2.24) is 4.72 Å². The third-order valence-electron chi connectivity index (χ3n) is 2.31. The fourth-order valence-corrected chi connectivity index (χ4v) is 2.67. The van der Waals surface area contributed by atoms with Crippen LogP contribution in [0.15, 0.2) is 35.7 Å². The van der Waals surface area contributed by atoms with E-state index < -0.39 is 14.9 Å². The van der Waals surface area contributed by atoms with Gasteiger partial charge >= 0.3 is 0 Å². The molecular weight excluding hydrogens is 256 g/mol. The minimum absolute atomic E-state index is 0.0687. The van der Waals surface area contributed by atoms with Crippen LogP contribution in [0.3, 0.4) is 0 Å². The predicted molar refractivity (Wildman–Crippen MR) is 67.8 cm³/mol. The van der Waals surface area contributed by atoms with E-state index in [0.717, 1.165) is 6.07 Å². The number of non-ortho nitro benzene ring substituents is 1. The fraction of sp³-hybridized carbons (Fsp3) is 0.273. The van der Waals surface area contributed by atoms with E-state index in [9.17, 15) is 18.5 Å². The number of benzene rings is 1. The molecule has 1 aromatic carbocycles. The number of nitrogens with zero attached hydrogens (tertiary/aromatic N) is 1. The fourth-order valence-electron chi connectivity index (χ4n) is 1.36. The largest absolute Gasteiger partial charge is 0.270 e. The summed E-state index contributed by atoms with van der Waals surface area (Å²) >= 11 is 0. The summed E-state index contributed by atoms with van der Waals surface area (Å²) < 4.78 is 26.2. The second kappa shape index (κ2) is 5.74.